The first-order chi connectivity index (χ1) is 20.1. The molecule has 3 N–H and O–H groups in total. The van der Waals surface area contributed by atoms with Crippen LogP contribution < -0.4 is 20.7 Å². The van der Waals surface area contributed by atoms with E-state index in [4.69, 9.17) is 21.7 Å². The van der Waals surface area contributed by atoms with Gasteiger partial charge in [0, 0.05) is 25.8 Å². The van der Waals surface area contributed by atoms with E-state index in [1.165, 1.54) is 11.3 Å². The lowest BCUT2D eigenvalue weighted by Gasteiger charge is -2.26. The molecule has 41 heavy (non-hydrogen) atoms. The largest absolute Gasteiger partial charge is 0.491 e. The molecule has 2 aromatic heterocycles. The topological polar surface area (TPSA) is 101 Å². The molecule has 0 aliphatic carbocycles. The summed E-state index contributed by atoms with van der Waals surface area (Å²) in [5.41, 5.74) is 1.99. The number of pyridine rings is 1. The number of hydrogen-bond acceptors (Lipinski definition) is 8. The van der Waals surface area contributed by atoms with Crippen LogP contribution in [0.2, 0.25) is 0 Å². The molecule has 3 heterocycles. The van der Waals surface area contributed by atoms with Gasteiger partial charge >= 0.3 is 0 Å². The standard InChI is InChI=1S/C30H28N6O3S2/c37-28(22-18-20-6-1-2-7-21(20)19-25(22)39-17-14-36-12-15-38-16-13-36)35-30-33-24-9-5-8-23(27(24)41-30)32-29(40)34-26-10-3-4-11-31-26/h1-11,18-19H,12-17H2,(H,33,35,37)(H2,31,32,34,40). The molecule has 0 bridgehead atoms. The van der Waals surface area contributed by atoms with Crippen LogP contribution in [0.3, 0.4) is 0 Å². The van der Waals surface area contributed by atoms with Gasteiger partial charge in [0.1, 0.15) is 18.2 Å². The summed E-state index contributed by atoms with van der Waals surface area (Å²) in [7, 11) is 0. The monoisotopic (exact) mass is 584 g/mol. The van der Waals surface area contributed by atoms with Crippen LogP contribution in [0, 0.1) is 0 Å². The Hall–Kier alpha value is -4.16. The Labute approximate surface area is 246 Å². The molecular formula is C30H28N6O3S2. The molecule has 208 valence electrons. The Morgan fingerprint density at radius 1 is 0.976 bits per heavy atom. The molecule has 0 atom stereocenters. The summed E-state index contributed by atoms with van der Waals surface area (Å²) in [6.07, 6.45) is 1.69. The van der Waals surface area contributed by atoms with E-state index >= 15 is 0 Å². The highest BCUT2D eigenvalue weighted by atomic mass is 32.1. The van der Waals surface area contributed by atoms with Crippen LogP contribution in [0.1, 0.15) is 10.4 Å². The zero-order valence-corrected chi connectivity index (χ0v) is 23.8. The summed E-state index contributed by atoms with van der Waals surface area (Å²) in [5, 5.41) is 12.1. The van der Waals surface area contributed by atoms with Gasteiger partial charge in [0.2, 0.25) is 0 Å². The molecule has 0 unspecified atom stereocenters. The Bertz CT molecular complexity index is 1690. The smallest absolute Gasteiger partial charge is 0.261 e. The normalized spacial score (nSPS) is 13.7. The second kappa shape index (κ2) is 12.6. The minimum Gasteiger partial charge on any atom is -0.491 e. The molecule has 3 aromatic carbocycles. The number of rotatable bonds is 8. The van der Waals surface area contributed by atoms with Crippen molar-refractivity contribution in [3.8, 4) is 5.75 Å². The van der Waals surface area contributed by atoms with E-state index in [9.17, 15) is 4.79 Å². The molecule has 1 aliphatic heterocycles. The van der Waals surface area contributed by atoms with Crippen molar-refractivity contribution in [2.75, 3.05) is 55.4 Å². The van der Waals surface area contributed by atoms with Crippen molar-refractivity contribution in [1.82, 2.24) is 14.9 Å². The molecule has 1 fully saturated rings. The number of aromatic nitrogens is 2. The molecule has 11 heteroatoms. The van der Waals surface area contributed by atoms with Gasteiger partial charge in [-0.15, -0.1) is 0 Å². The third-order valence-corrected chi connectivity index (χ3v) is 7.88. The third kappa shape index (κ3) is 6.60. The van der Waals surface area contributed by atoms with E-state index in [0.717, 1.165) is 59.5 Å². The van der Waals surface area contributed by atoms with Crippen LogP contribution in [0.4, 0.5) is 16.6 Å². The van der Waals surface area contributed by atoms with Gasteiger partial charge in [0.15, 0.2) is 10.2 Å². The van der Waals surface area contributed by atoms with Gasteiger partial charge in [-0.3, -0.25) is 15.0 Å². The second-order valence-corrected chi connectivity index (χ2v) is 10.8. The summed E-state index contributed by atoms with van der Waals surface area (Å²) in [4.78, 5) is 24.8. The lowest BCUT2D eigenvalue weighted by atomic mass is 10.1. The number of thiocarbonyl (C=S) groups is 1. The number of thiazole rings is 1. The molecule has 5 aromatic rings. The summed E-state index contributed by atoms with van der Waals surface area (Å²) in [6.45, 7) is 4.47. The number of nitrogens with zero attached hydrogens (tertiary/aromatic N) is 3. The van der Waals surface area contributed by atoms with E-state index in [0.29, 0.717) is 34.0 Å². The van der Waals surface area contributed by atoms with Crippen molar-refractivity contribution >= 4 is 72.2 Å². The highest BCUT2D eigenvalue weighted by Crippen LogP contribution is 2.33. The fourth-order valence-electron chi connectivity index (χ4n) is 4.60. The predicted octanol–water partition coefficient (Wildman–Crippen LogP) is 5.62. The van der Waals surface area contributed by atoms with Crippen LogP contribution in [0.15, 0.2) is 79.0 Å². The molecule has 1 amide bonds. The minimum absolute atomic E-state index is 0.280. The number of carbonyl (C=O) groups excluding carboxylic acids is 1. The predicted molar refractivity (Wildman–Crippen MR) is 168 cm³/mol. The highest BCUT2D eigenvalue weighted by molar-refractivity contribution is 7.80. The molecule has 6 rings (SSSR count). The highest BCUT2D eigenvalue weighted by Gasteiger charge is 2.18. The van der Waals surface area contributed by atoms with Gasteiger partial charge in [0.05, 0.1) is 34.7 Å². The van der Waals surface area contributed by atoms with Gasteiger partial charge in [0.25, 0.3) is 5.91 Å². The maximum Gasteiger partial charge on any atom is 0.261 e. The number of carbonyl (C=O) groups is 1. The number of morpholine rings is 1. The number of fused-ring (bicyclic) bond motifs is 2. The molecule has 0 radical (unpaired) electrons. The van der Waals surface area contributed by atoms with Gasteiger partial charge in [-0.25, -0.2) is 9.97 Å². The first kappa shape index (κ1) is 27.0. The minimum atomic E-state index is -0.280. The molecule has 0 spiro atoms. The number of ether oxygens (including phenoxy) is 2. The zero-order chi connectivity index (χ0) is 28.0. The van der Waals surface area contributed by atoms with E-state index in [2.05, 4.69) is 30.8 Å². The van der Waals surface area contributed by atoms with Crippen molar-refractivity contribution < 1.29 is 14.3 Å². The summed E-state index contributed by atoms with van der Waals surface area (Å²) in [5.74, 6) is 0.912. The SMILES string of the molecule is O=C(Nc1nc2cccc(NC(=S)Nc3ccccn3)c2s1)c1cc2ccccc2cc1OCCN1CCOCC1. The molecule has 0 saturated carbocycles. The van der Waals surface area contributed by atoms with Crippen LogP contribution in [-0.2, 0) is 4.74 Å². The van der Waals surface area contributed by atoms with Crippen LogP contribution >= 0.6 is 23.6 Å². The second-order valence-electron chi connectivity index (χ2n) is 9.42. The van der Waals surface area contributed by atoms with Crippen molar-refractivity contribution in [2.24, 2.45) is 0 Å². The van der Waals surface area contributed by atoms with Crippen molar-refractivity contribution in [3.05, 3.63) is 84.6 Å². The van der Waals surface area contributed by atoms with E-state index < -0.39 is 0 Å². The average Bonchev–Trinajstić information content (AvgIpc) is 3.41. The van der Waals surface area contributed by atoms with Gasteiger partial charge in [-0.05, 0) is 59.4 Å². The van der Waals surface area contributed by atoms with E-state index in [1.807, 2.05) is 72.8 Å². The van der Waals surface area contributed by atoms with Crippen molar-refractivity contribution in [3.63, 3.8) is 0 Å². The van der Waals surface area contributed by atoms with Gasteiger partial charge in [-0.2, -0.15) is 0 Å². The summed E-state index contributed by atoms with van der Waals surface area (Å²) >= 11 is 6.85. The molecular weight excluding hydrogens is 557 g/mol. The maximum absolute atomic E-state index is 13.6. The number of anilines is 3. The third-order valence-electron chi connectivity index (χ3n) is 6.65. The Morgan fingerprint density at radius 2 is 1.78 bits per heavy atom. The zero-order valence-electron chi connectivity index (χ0n) is 22.1. The number of benzene rings is 3. The Morgan fingerprint density at radius 3 is 2.59 bits per heavy atom. The maximum atomic E-state index is 13.6. The van der Waals surface area contributed by atoms with Crippen molar-refractivity contribution in [2.45, 2.75) is 0 Å². The van der Waals surface area contributed by atoms with Gasteiger partial charge in [-0.1, -0.05) is 47.7 Å². The van der Waals surface area contributed by atoms with Crippen LogP contribution in [0.25, 0.3) is 21.0 Å². The summed E-state index contributed by atoms with van der Waals surface area (Å²) < 4.78 is 12.5. The average molecular weight is 585 g/mol. The fourth-order valence-corrected chi connectivity index (χ4v) is 5.74. The van der Waals surface area contributed by atoms with Gasteiger partial charge < -0.3 is 20.1 Å². The lowest BCUT2D eigenvalue weighted by Crippen LogP contribution is -2.38. The first-order valence-electron chi connectivity index (χ1n) is 13.3. The van der Waals surface area contributed by atoms with Crippen LogP contribution in [0.5, 0.6) is 5.75 Å². The van der Waals surface area contributed by atoms with Crippen molar-refractivity contribution in [1.29, 1.82) is 0 Å². The quantitative estimate of drug-likeness (QED) is 0.201. The molecule has 9 nitrogen and oxygen atoms in total. The number of hydrogen-bond donors (Lipinski definition) is 3. The first-order valence-corrected chi connectivity index (χ1v) is 14.5. The molecule has 1 aliphatic rings. The number of amides is 1. The number of nitrogens with one attached hydrogen (secondary N) is 3. The molecule has 1 saturated heterocycles. The van der Waals surface area contributed by atoms with E-state index in [-0.39, 0.29) is 5.91 Å². The Balaban J connectivity index is 1.20. The lowest BCUT2D eigenvalue weighted by molar-refractivity contribution is 0.0322. The fraction of sp³-hybridized carbons (Fsp3) is 0.200. The summed E-state index contributed by atoms with van der Waals surface area (Å²) in [6, 6.07) is 23.0. The Kier molecular flexibility index (Phi) is 8.28. The van der Waals surface area contributed by atoms with E-state index in [1.54, 1.807) is 6.20 Å². The van der Waals surface area contributed by atoms with Crippen LogP contribution in [-0.4, -0.2) is 65.3 Å².